The number of hydrogen-bond donors (Lipinski definition) is 2. The normalized spacial score (nSPS) is 17.8. The van der Waals surface area contributed by atoms with Crippen molar-refractivity contribution < 1.29 is 27.4 Å². The first-order valence-electron chi connectivity index (χ1n) is 12.9. The molecule has 0 unspecified atom stereocenters. The van der Waals surface area contributed by atoms with E-state index in [1.54, 1.807) is 0 Å². The molecule has 0 bridgehead atoms. The zero-order valence-corrected chi connectivity index (χ0v) is 23.2. The van der Waals surface area contributed by atoms with Crippen molar-refractivity contribution in [2.45, 2.75) is 68.4 Å². The molecule has 38 heavy (non-hydrogen) atoms. The summed E-state index contributed by atoms with van der Waals surface area (Å²) < 4.78 is 47.4. The van der Waals surface area contributed by atoms with E-state index in [9.17, 15) is 17.6 Å². The Kier molecular flexibility index (Phi) is 9.04. The maximum Gasteiger partial charge on any atom is 0.338 e. The molecule has 0 spiro atoms. The third-order valence-electron chi connectivity index (χ3n) is 7.20. The summed E-state index contributed by atoms with van der Waals surface area (Å²) in [5, 5.41) is 9.65. The molecule has 10 heteroatoms. The number of ether oxygens (including phenoxy) is 1. The number of aromatic carboxylic acids is 1. The van der Waals surface area contributed by atoms with E-state index in [0.29, 0.717) is 10.9 Å². The summed E-state index contributed by atoms with van der Waals surface area (Å²) in [5.74, 6) is -1.25. The summed E-state index contributed by atoms with van der Waals surface area (Å²) in [7, 11) is -2.87. The van der Waals surface area contributed by atoms with Gasteiger partial charge in [0, 0.05) is 11.6 Å². The predicted octanol–water partition coefficient (Wildman–Crippen LogP) is 7.31. The van der Waals surface area contributed by atoms with Gasteiger partial charge >= 0.3 is 5.97 Å². The molecule has 1 heterocycles. The van der Waals surface area contributed by atoms with Gasteiger partial charge in [-0.25, -0.2) is 22.6 Å². The number of carboxylic acid groups (broad SMARTS) is 1. The van der Waals surface area contributed by atoms with E-state index in [2.05, 4.69) is 28.8 Å². The molecule has 1 saturated carbocycles. The fourth-order valence-corrected chi connectivity index (χ4v) is 7.24. The minimum Gasteiger partial charge on any atom is -0.495 e. The number of rotatable bonds is 11. The van der Waals surface area contributed by atoms with Gasteiger partial charge in [-0.15, -0.1) is 11.3 Å². The van der Waals surface area contributed by atoms with Crippen LogP contribution in [0.3, 0.4) is 0 Å². The minimum absolute atomic E-state index is 0.0530. The Labute approximate surface area is 227 Å². The van der Waals surface area contributed by atoms with Crippen LogP contribution in [0.15, 0.2) is 46.8 Å². The molecule has 2 aromatic carbocycles. The summed E-state index contributed by atoms with van der Waals surface area (Å²) in [6, 6.07) is 9.92. The molecule has 1 aliphatic rings. The van der Waals surface area contributed by atoms with Gasteiger partial charge in [0.15, 0.2) is 4.21 Å². The topological polar surface area (TPSA) is 106 Å². The standard InChI is InChI=1S/C28H33FN2O5S2/c1-3-4-5-6-18-7-9-19(10-8-18)20-11-13-21(14-12-20)27-30-17-26(37-27)38(34,35)31-24-16-23(29)22(28(32)33)15-25(24)36-2/h11-19,31H,3-10H2,1-2H3,(H,32,33). The van der Waals surface area contributed by atoms with Crippen LogP contribution >= 0.6 is 11.3 Å². The van der Waals surface area contributed by atoms with Crippen molar-refractivity contribution in [1.82, 2.24) is 4.98 Å². The Morgan fingerprint density at radius 3 is 2.50 bits per heavy atom. The van der Waals surface area contributed by atoms with Crippen LogP contribution in [0, 0.1) is 11.7 Å². The molecule has 4 rings (SSSR count). The van der Waals surface area contributed by atoms with E-state index < -0.39 is 27.4 Å². The lowest BCUT2D eigenvalue weighted by atomic mass is 9.77. The molecule has 0 saturated heterocycles. The number of unbranched alkanes of at least 4 members (excludes halogenated alkanes) is 2. The van der Waals surface area contributed by atoms with Crippen LogP contribution in [0.5, 0.6) is 5.75 Å². The highest BCUT2D eigenvalue weighted by Crippen LogP contribution is 2.39. The number of anilines is 1. The second-order valence-corrected chi connectivity index (χ2v) is 12.7. The monoisotopic (exact) mass is 560 g/mol. The number of methoxy groups -OCH3 is 1. The zero-order chi connectivity index (χ0) is 27.3. The predicted molar refractivity (Wildman–Crippen MR) is 147 cm³/mol. The van der Waals surface area contributed by atoms with Gasteiger partial charge in [-0.2, -0.15) is 0 Å². The molecular weight excluding hydrogens is 527 g/mol. The van der Waals surface area contributed by atoms with Crippen molar-refractivity contribution in [3.8, 4) is 16.3 Å². The van der Waals surface area contributed by atoms with Crippen molar-refractivity contribution in [3.05, 3.63) is 59.5 Å². The largest absolute Gasteiger partial charge is 0.495 e. The second kappa shape index (κ2) is 12.3. The Morgan fingerprint density at radius 2 is 1.87 bits per heavy atom. The van der Waals surface area contributed by atoms with Crippen molar-refractivity contribution in [2.24, 2.45) is 5.92 Å². The molecule has 7 nitrogen and oxygen atoms in total. The maximum atomic E-state index is 14.2. The molecule has 1 fully saturated rings. The summed E-state index contributed by atoms with van der Waals surface area (Å²) in [4.78, 5) is 15.5. The van der Waals surface area contributed by atoms with Crippen molar-refractivity contribution in [2.75, 3.05) is 11.8 Å². The van der Waals surface area contributed by atoms with E-state index >= 15 is 0 Å². The van der Waals surface area contributed by atoms with Crippen LogP contribution in [0.1, 0.15) is 80.1 Å². The highest BCUT2D eigenvalue weighted by Gasteiger charge is 2.24. The number of benzene rings is 2. The summed E-state index contributed by atoms with van der Waals surface area (Å²) >= 11 is 0.999. The van der Waals surface area contributed by atoms with E-state index in [0.717, 1.165) is 35.0 Å². The van der Waals surface area contributed by atoms with Gasteiger partial charge in [-0.1, -0.05) is 56.9 Å². The third kappa shape index (κ3) is 6.53. The fraction of sp³-hybridized carbons (Fsp3) is 0.429. The minimum atomic E-state index is -4.11. The summed E-state index contributed by atoms with van der Waals surface area (Å²) in [6.45, 7) is 2.24. The van der Waals surface area contributed by atoms with E-state index in [1.807, 2.05) is 12.1 Å². The number of nitrogens with one attached hydrogen (secondary N) is 1. The fourth-order valence-electron chi connectivity index (χ4n) is 5.04. The van der Waals surface area contributed by atoms with Crippen LogP contribution in [-0.4, -0.2) is 31.6 Å². The Hall–Kier alpha value is -2.98. The highest BCUT2D eigenvalue weighted by atomic mass is 32.2. The summed E-state index contributed by atoms with van der Waals surface area (Å²) in [5.41, 5.74) is 1.32. The lowest BCUT2D eigenvalue weighted by Crippen LogP contribution is -2.13. The van der Waals surface area contributed by atoms with Gasteiger partial charge in [0.25, 0.3) is 10.0 Å². The molecule has 2 N–H and O–H groups in total. The number of carboxylic acids is 1. The number of hydrogen-bond acceptors (Lipinski definition) is 6. The molecule has 0 atom stereocenters. The van der Waals surface area contributed by atoms with Crippen LogP contribution in [0.25, 0.3) is 10.6 Å². The number of halogens is 1. The number of aromatic nitrogens is 1. The van der Waals surface area contributed by atoms with Gasteiger partial charge in [-0.05, 0) is 49.1 Å². The molecule has 204 valence electrons. The third-order valence-corrected chi connectivity index (χ3v) is 10.1. The van der Waals surface area contributed by atoms with Crippen LogP contribution < -0.4 is 9.46 Å². The number of sulfonamides is 1. The second-order valence-electron chi connectivity index (χ2n) is 9.76. The maximum absolute atomic E-state index is 14.2. The summed E-state index contributed by atoms with van der Waals surface area (Å²) in [6.07, 6.45) is 11.5. The van der Waals surface area contributed by atoms with Gasteiger partial charge in [-0.3, -0.25) is 4.72 Å². The van der Waals surface area contributed by atoms with Gasteiger partial charge < -0.3 is 9.84 Å². The van der Waals surface area contributed by atoms with Crippen LogP contribution in [0.2, 0.25) is 0 Å². The molecule has 0 aliphatic heterocycles. The Morgan fingerprint density at radius 1 is 1.16 bits per heavy atom. The number of thiazole rings is 1. The first-order valence-corrected chi connectivity index (χ1v) is 15.2. The number of carbonyl (C=O) groups is 1. The smallest absolute Gasteiger partial charge is 0.338 e. The van der Waals surface area contributed by atoms with Gasteiger partial charge in [0.2, 0.25) is 0 Å². The molecular formula is C28H33FN2O5S2. The Balaban J connectivity index is 1.43. The van der Waals surface area contributed by atoms with Crippen molar-refractivity contribution >= 4 is 33.0 Å². The van der Waals surface area contributed by atoms with Crippen LogP contribution in [0.4, 0.5) is 10.1 Å². The highest BCUT2D eigenvalue weighted by molar-refractivity contribution is 7.94. The molecule has 3 aromatic rings. The van der Waals surface area contributed by atoms with Gasteiger partial charge in [0.1, 0.15) is 16.6 Å². The van der Waals surface area contributed by atoms with Crippen LogP contribution in [-0.2, 0) is 10.0 Å². The average Bonchev–Trinajstić information content (AvgIpc) is 3.41. The molecule has 0 amide bonds. The van der Waals surface area contributed by atoms with E-state index in [1.165, 1.54) is 70.2 Å². The zero-order valence-electron chi connectivity index (χ0n) is 21.6. The Bertz CT molecular complexity index is 1360. The lowest BCUT2D eigenvalue weighted by Gasteiger charge is -2.29. The van der Waals surface area contributed by atoms with Gasteiger partial charge in [0.05, 0.1) is 24.6 Å². The molecule has 1 aliphatic carbocycles. The quantitative estimate of drug-likeness (QED) is 0.238. The SMILES string of the molecule is CCCCCC1CCC(c2ccc(-c3ncc(S(=O)(=O)Nc4cc(F)c(C(=O)O)cc4OC)s3)cc2)CC1. The van der Waals surface area contributed by atoms with E-state index in [4.69, 9.17) is 9.84 Å². The number of nitrogens with zero attached hydrogens (tertiary/aromatic N) is 1. The lowest BCUT2D eigenvalue weighted by molar-refractivity contribution is 0.0691. The first-order chi connectivity index (χ1) is 18.2. The van der Waals surface area contributed by atoms with E-state index in [-0.39, 0.29) is 15.6 Å². The van der Waals surface area contributed by atoms with Crippen molar-refractivity contribution in [3.63, 3.8) is 0 Å². The molecule has 0 radical (unpaired) electrons. The molecule has 1 aromatic heterocycles. The van der Waals surface area contributed by atoms with Crippen molar-refractivity contribution in [1.29, 1.82) is 0 Å². The first kappa shape index (κ1) is 28.0. The average molecular weight is 561 g/mol.